The average molecular weight is 412 g/mol. The summed E-state index contributed by atoms with van der Waals surface area (Å²) in [7, 11) is -4.53. The maximum absolute atomic E-state index is 13.2. The molecule has 7 heteroatoms. The van der Waals surface area contributed by atoms with Crippen molar-refractivity contribution in [3.8, 4) is 11.5 Å². The van der Waals surface area contributed by atoms with Crippen LogP contribution in [0.2, 0.25) is 0 Å². The number of hydrogen-bond acceptors (Lipinski definition) is 5. The third kappa shape index (κ3) is 5.74. The van der Waals surface area contributed by atoms with Crippen LogP contribution < -0.4 is 9.05 Å². The predicted octanol–water partition coefficient (Wildman–Crippen LogP) is 7.04. The van der Waals surface area contributed by atoms with Crippen LogP contribution in [0, 0.1) is 0 Å². The lowest BCUT2D eigenvalue weighted by molar-refractivity contribution is -0.0339. The first-order chi connectivity index (χ1) is 12.3. The standard InChI is InChI=1S/C20H26FO4PS/c1-19(2,3)14-8-7-9-16(12-14)23-26(22,25-21)24-17-13-15(20(4,5)6)10-11-18(17)27/h7-13,27H,1-6H3. The van der Waals surface area contributed by atoms with Gasteiger partial charge in [-0.15, -0.1) is 12.6 Å². The summed E-state index contributed by atoms with van der Waals surface area (Å²) in [5.74, 6) is 0.315. The second-order valence-corrected chi connectivity index (χ2v) is 10.3. The van der Waals surface area contributed by atoms with Gasteiger partial charge in [-0.05, 0) is 50.7 Å². The molecule has 0 bridgehead atoms. The van der Waals surface area contributed by atoms with Crippen LogP contribution in [0.1, 0.15) is 52.7 Å². The van der Waals surface area contributed by atoms with Crippen LogP contribution in [0.25, 0.3) is 0 Å². The van der Waals surface area contributed by atoms with E-state index in [-0.39, 0.29) is 22.3 Å². The maximum Gasteiger partial charge on any atom is 0.619 e. The van der Waals surface area contributed by atoms with Gasteiger partial charge in [0.15, 0.2) is 0 Å². The molecule has 0 amide bonds. The Morgan fingerprint density at radius 1 is 0.889 bits per heavy atom. The molecule has 2 aromatic carbocycles. The molecular weight excluding hydrogens is 386 g/mol. The summed E-state index contributed by atoms with van der Waals surface area (Å²) in [5.41, 5.74) is 1.52. The maximum atomic E-state index is 13.2. The van der Waals surface area contributed by atoms with Gasteiger partial charge < -0.3 is 9.05 Å². The summed E-state index contributed by atoms with van der Waals surface area (Å²) in [4.78, 5) is 0.396. The molecule has 0 aliphatic heterocycles. The van der Waals surface area contributed by atoms with E-state index in [9.17, 15) is 9.09 Å². The van der Waals surface area contributed by atoms with Crippen LogP contribution >= 0.6 is 20.5 Å². The molecule has 1 unspecified atom stereocenters. The van der Waals surface area contributed by atoms with Crippen molar-refractivity contribution in [3.63, 3.8) is 0 Å². The first-order valence-corrected chi connectivity index (χ1v) is 10.5. The molecule has 4 nitrogen and oxygen atoms in total. The zero-order chi connectivity index (χ0) is 20.5. The number of hydrogen-bond donors (Lipinski definition) is 1. The molecule has 0 heterocycles. The highest BCUT2D eigenvalue weighted by molar-refractivity contribution is 7.80. The van der Waals surface area contributed by atoms with E-state index in [4.69, 9.17) is 9.05 Å². The Morgan fingerprint density at radius 2 is 1.48 bits per heavy atom. The van der Waals surface area contributed by atoms with E-state index < -0.39 is 7.82 Å². The molecule has 2 rings (SSSR count). The minimum absolute atomic E-state index is 0.124. The van der Waals surface area contributed by atoms with Crippen molar-refractivity contribution in [1.82, 2.24) is 0 Å². The summed E-state index contributed by atoms with van der Waals surface area (Å²) >= 11 is 4.29. The number of phosphoric ester groups is 1. The lowest BCUT2D eigenvalue weighted by Gasteiger charge is -2.22. The van der Waals surface area contributed by atoms with Gasteiger partial charge >= 0.3 is 7.82 Å². The van der Waals surface area contributed by atoms with Gasteiger partial charge in [-0.1, -0.05) is 64.5 Å². The fourth-order valence-electron chi connectivity index (χ4n) is 2.37. The van der Waals surface area contributed by atoms with Crippen molar-refractivity contribution in [3.05, 3.63) is 53.6 Å². The molecule has 0 spiro atoms. The summed E-state index contributed by atoms with van der Waals surface area (Å²) in [5, 5.41) is 0. The number of phosphoric acid groups is 1. The zero-order valence-electron chi connectivity index (χ0n) is 16.4. The average Bonchev–Trinajstić information content (AvgIpc) is 2.55. The van der Waals surface area contributed by atoms with Crippen LogP contribution in [0.5, 0.6) is 11.5 Å². The third-order valence-corrected chi connectivity index (χ3v) is 5.43. The van der Waals surface area contributed by atoms with Gasteiger partial charge in [0.1, 0.15) is 11.5 Å². The van der Waals surface area contributed by atoms with Gasteiger partial charge in [0, 0.05) is 4.90 Å². The minimum Gasteiger partial charge on any atom is -0.393 e. The van der Waals surface area contributed by atoms with Crippen molar-refractivity contribution in [2.45, 2.75) is 57.3 Å². The van der Waals surface area contributed by atoms with Crippen LogP contribution in [0.3, 0.4) is 0 Å². The van der Waals surface area contributed by atoms with E-state index in [0.717, 1.165) is 11.1 Å². The van der Waals surface area contributed by atoms with Crippen LogP contribution in [0.15, 0.2) is 47.4 Å². The summed E-state index contributed by atoms with van der Waals surface area (Å²) in [6.07, 6.45) is 0. The van der Waals surface area contributed by atoms with Gasteiger partial charge in [-0.25, -0.2) is 4.57 Å². The van der Waals surface area contributed by atoms with Gasteiger partial charge in [-0.2, -0.15) is 0 Å². The molecule has 0 saturated carbocycles. The molecular formula is C20H26FO4PS. The fraction of sp³-hybridized carbons (Fsp3) is 0.400. The lowest BCUT2D eigenvalue weighted by Crippen LogP contribution is -2.12. The first kappa shape index (κ1) is 21.8. The smallest absolute Gasteiger partial charge is 0.393 e. The van der Waals surface area contributed by atoms with Gasteiger partial charge in [-0.3, -0.25) is 0 Å². The molecule has 0 aromatic heterocycles. The van der Waals surface area contributed by atoms with Crippen molar-refractivity contribution in [2.24, 2.45) is 0 Å². The quantitative estimate of drug-likeness (QED) is 0.423. The second-order valence-electron chi connectivity index (χ2n) is 8.41. The Balaban J connectivity index is 2.32. The largest absolute Gasteiger partial charge is 0.619 e. The Morgan fingerprint density at radius 3 is 2.04 bits per heavy atom. The Bertz CT molecular complexity index is 856. The number of halogens is 1. The van der Waals surface area contributed by atoms with E-state index in [1.165, 1.54) is 0 Å². The normalized spacial score (nSPS) is 14.5. The van der Waals surface area contributed by atoms with E-state index >= 15 is 0 Å². The van der Waals surface area contributed by atoms with E-state index in [0.29, 0.717) is 4.90 Å². The molecule has 27 heavy (non-hydrogen) atoms. The van der Waals surface area contributed by atoms with Gasteiger partial charge in [0.2, 0.25) is 0 Å². The van der Waals surface area contributed by atoms with Gasteiger partial charge in [0.05, 0.1) is 0 Å². The molecule has 0 aliphatic rings. The Kier molecular flexibility index (Phi) is 6.35. The predicted molar refractivity (Wildman–Crippen MR) is 109 cm³/mol. The molecule has 0 N–H and O–H groups in total. The molecule has 1 atom stereocenters. The third-order valence-electron chi connectivity index (χ3n) is 4.04. The van der Waals surface area contributed by atoms with Crippen molar-refractivity contribution < 1.29 is 22.9 Å². The lowest BCUT2D eigenvalue weighted by atomic mass is 9.87. The fourth-order valence-corrected chi connectivity index (χ4v) is 3.48. The monoisotopic (exact) mass is 412 g/mol. The van der Waals surface area contributed by atoms with Gasteiger partial charge in [0.25, 0.3) is 0 Å². The molecule has 0 aliphatic carbocycles. The molecule has 148 valence electrons. The highest BCUT2D eigenvalue weighted by Crippen LogP contribution is 2.51. The van der Waals surface area contributed by atoms with Crippen LogP contribution in [-0.2, 0) is 20.1 Å². The highest BCUT2D eigenvalue weighted by Gasteiger charge is 2.34. The van der Waals surface area contributed by atoms with E-state index in [1.807, 2.05) is 53.7 Å². The zero-order valence-corrected chi connectivity index (χ0v) is 18.2. The number of rotatable bonds is 5. The number of benzene rings is 2. The van der Waals surface area contributed by atoms with Crippen molar-refractivity contribution in [2.75, 3.05) is 0 Å². The van der Waals surface area contributed by atoms with E-state index in [2.05, 4.69) is 17.4 Å². The summed E-state index contributed by atoms with van der Waals surface area (Å²) in [6, 6.07) is 12.1. The number of thiol groups is 1. The van der Waals surface area contributed by atoms with Crippen molar-refractivity contribution in [1.29, 1.82) is 0 Å². The minimum atomic E-state index is -4.53. The van der Waals surface area contributed by atoms with Crippen LogP contribution in [0.4, 0.5) is 4.53 Å². The SMILES string of the molecule is CC(C)(C)c1cccc(OP(=O)(OF)Oc2cc(C(C)(C)C)ccc2S)c1. The summed E-state index contributed by atoms with van der Waals surface area (Å²) in [6.45, 7) is 12.1. The highest BCUT2D eigenvalue weighted by atomic mass is 32.1. The van der Waals surface area contributed by atoms with Crippen molar-refractivity contribution >= 4 is 20.5 Å². The van der Waals surface area contributed by atoms with Crippen LogP contribution in [-0.4, -0.2) is 0 Å². The first-order valence-electron chi connectivity index (χ1n) is 8.58. The Hall–Kier alpha value is -1.49. The van der Waals surface area contributed by atoms with E-state index in [1.54, 1.807) is 30.3 Å². The second kappa shape index (κ2) is 7.86. The molecule has 0 saturated heterocycles. The topological polar surface area (TPSA) is 44.8 Å². The molecule has 0 radical (unpaired) electrons. The molecule has 0 fully saturated rings. The summed E-state index contributed by atoms with van der Waals surface area (Å²) < 4.78 is 40.1. The Labute approximate surface area is 166 Å². The molecule has 2 aromatic rings.